The van der Waals surface area contributed by atoms with E-state index in [0.717, 1.165) is 22.6 Å². The van der Waals surface area contributed by atoms with E-state index in [0.29, 0.717) is 17.9 Å². The van der Waals surface area contributed by atoms with Crippen LogP contribution < -0.4 is 14.8 Å². The molecule has 0 spiro atoms. The van der Waals surface area contributed by atoms with Crippen LogP contribution in [0.4, 0.5) is 5.69 Å². The standard InChI is InChI=1S/C22H21NO3/c1-16-12-13-20(25-2)17(14-16)15-26-21-11-7-6-10-19(21)22(24)23-18-8-4-3-5-9-18/h3-14H,15H2,1-2H3,(H,23,24). The van der Waals surface area contributed by atoms with Gasteiger partial charge in [0.1, 0.15) is 18.1 Å². The molecule has 4 heteroatoms. The molecule has 0 aliphatic rings. The summed E-state index contributed by atoms with van der Waals surface area (Å²) in [5.41, 5.74) is 3.29. The second-order valence-electron chi connectivity index (χ2n) is 5.92. The maximum Gasteiger partial charge on any atom is 0.259 e. The van der Waals surface area contributed by atoms with Crippen LogP contribution in [0, 0.1) is 6.92 Å². The number of benzene rings is 3. The number of anilines is 1. The first-order valence-electron chi connectivity index (χ1n) is 8.39. The molecule has 0 heterocycles. The largest absolute Gasteiger partial charge is 0.496 e. The summed E-state index contributed by atoms with van der Waals surface area (Å²) >= 11 is 0. The molecule has 0 bridgehead atoms. The van der Waals surface area contributed by atoms with E-state index in [4.69, 9.17) is 9.47 Å². The maximum atomic E-state index is 12.6. The molecular formula is C22H21NO3. The molecule has 0 aliphatic heterocycles. The van der Waals surface area contributed by atoms with Gasteiger partial charge in [0.15, 0.2) is 0 Å². The van der Waals surface area contributed by atoms with Gasteiger partial charge in [-0.3, -0.25) is 4.79 Å². The molecule has 0 radical (unpaired) electrons. The number of methoxy groups -OCH3 is 1. The number of hydrogen-bond donors (Lipinski definition) is 1. The lowest BCUT2D eigenvalue weighted by molar-refractivity contribution is 0.102. The van der Waals surface area contributed by atoms with Crippen molar-refractivity contribution in [3.05, 3.63) is 89.5 Å². The normalized spacial score (nSPS) is 10.2. The summed E-state index contributed by atoms with van der Waals surface area (Å²) in [4.78, 5) is 12.6. The third-order valence-corrected chi connectivity index (χ3v) is 3.98. The summed E-state index contributed by atoms with van der Waals surface area (Å²) < 4.78 is 11.3. The van der Waals surface area contributed by atoms with Gasteiger partial charge in [-0.05, 0) is 43.3 Å². The average molecular weight is 347 g/mol. The van der Waals surface area contributed by atoms with Crippen molar-refractivity contribution in [1.82, 2.24) is 0 Å². The van der Waals surface area contributed by atoms with Crippen LogP contribution in [0.1, 0.15) is 21.5 Å². The minimum Gasteiger partial charge on any atom is -0.496 e. The molecule has 0 saturated heterocycles. The van der Waals surface area contributed by atoms with E-state index in [9.17, 15) is 4.79 Å². The predicted octanol–water partition coefficient (Wildman–Crippen LogP) is 4.83. The summed E-state index contributed by atoms with van der Waals surface area (Å²) in [5, 5.41) is 2.88. The Morgan fingerprint density at radius 2 is 1.65 bits per heavy atom. The van der Waals surface area contributed by atoms with Crippen molar-refractivity contribution in [2.45, 2.75) is 13.5 Å². The van der Waals surface area contributed by atoms with E-state index >= 15 is 0 Å². The molecule has 0 atom stereocenters. The summed E-state index contributed by atoms with van der Waals surface area (Å²) in [6.45, 7) is 2.34. The Morgan fingerprint density at radius 1 is 0.923 bits per heavy atom. The molecule has 3 aromatic carbocycles. The minimum absolute atomic E-state index is 0.206. The van der Waals surface area contributed by atoms with Crippen LogP contribution in [0.25, 0.3) is 0 Å². The van der Waals surface area contributed by atoms with Crippen molar-refractivity contribution in [3.8, 4) is 11.5 Å². The van der Waals surface area contributed by atoms with Gasteiger partial charge >= 0.3 is 0 Å². The first-order chi connectivity index (χ1) is 12.7. The highest BCUT2D eigenvalue weighted by molar-refractivity contribution is 6.06. The molecule has 0 unspecified atom stereocenters. The molecule has 0 fully saturated rings. The van der Waals surface area contributed by atoms with Gasteiger partial charge in [-0.15, -0.1) is 0 Å². The molecule has 26 heavy (non-hydrogen) atoms. The van der Waals surface area contributed by atoms with Gasteiger partial charge in [-0.2, -0.15) is 0 Å². The van der Waals surface area contributed by atoms with E-state index in [1.807, 2.05) is 67.6 Å². The number of para-hydroxylation sites is 2. The monoisotopic (exact) mass is 347 g/mol. The number of carbonyl (C=O) groups is 1. The SMILES string of the molecule is COc1ccc(C)cc1COc1ccccc1C(=O)Nc1ccccc1. The van der Waals surface area contributed by atoms with E-state index in [1.165, 1.54) is 0 Å². The van der Waals surface area contributed by atoms with E-state index in [1.54, 1.807) is 19.2 Å². The zero-order valence-electron chi connectivity index (χ0n) is 14.9. The van der Waals surface area contributed by atoms with Crippen molar-refractivity contribution in [2.24, 2.45) is 0 Å². The van der Waals surface area contributed by atoms with Gasteiger partial charge < -0.3 is 14.8 Å². The van der Waals surface area contributed by atoms with Crippen LogP contribution in [-0.4, -0.2) is 13.0 Å². The predicted molar refractivity (Wildman–Crippen MR) is 103 cm³/mol. The number of ether oxygens (including phenoxy) is 2. The first-order valence-corrected chi connectivity index (χ1v) is 8.39. The third kappa shape index (κ3) is 4.22. The lowest BCUT2D eigenvalue weighted by Gasteiger charge is -2.14. The van der Waals surface area contributed by atoms with E-state index in [2.05, 4.69) is 5.32 Å². The smallest absolute Gasteiger partial charge is 0.259 e. The molecule has 0 saturated carbocycles. The number of nitrogens with one attached hydrogen (secondary N) is 1. The second-order valence-corrected chi connectivity index (χ2v) is 5.92. The Balaban J connectivity index is 1.77. The summed E-state index contributed by atoms with van der Waals surface area (Å²) in [5.74, 6) is 1.09. The Labute approximate surface area is 153 Å². The topological polar surface area (TPSA) is 47.6 Å². The lowest BCUT2D eigenvalue weighted by atomic mass is 10.1. The molecule has 3 aromatic rings. The molecule has 132 valence electrons. The van der Waals surface area contributed by atoms with Crippen molar-refractivity contribution >= 4 is 11.6 Å². The van der Waals surface area contributed by atoms with Crippen LogP contribution >= 0.6 is 0 Å². The van der Waals surface area contributed by atoms with Gasteiger partial charge in [0.2, 0.25) is 0 Å². The highest BCUT2D eigenvalue weighted by Gasteiger charge is 2.13. The van der Waals surface area contributed by atoms with Gasteiger partial charge in [0.05, 0.1) is 12.7 Å². The quantitative estimate of drug-likeness (QED) is 0.694. The molecule has 4 nitrogen and oxygen atoms in total. The molecule has 0 aliphatic carbocycles. The van der Waals surface area contributed by atoms with Gasteiger partial charge in [-0.25, -0.2) is 0 Å². The highest BCUT2D eigenvalue weighted by Crippen LogP contribution is 2.24. The number of rotatable bonds is 6. The molecule has 1 amide bonds. The van der Waals surface area contributed by atoms with Gasteiger partial charge in [0, 0.05) is 11.3 Å². The van der Waals surface area contributed by atoms with Gasteiger partial charge in [0.25, 0.3) is 5.91 Å². The van der Waals surface area contributed by atoms with Crippen LogP contribution in [0.3, 0.4) is 0 Å². The molecular weight excluding hydrogens is 326 g/mol. The number of hydrogen-bond acceptors (Lipinski definition) is 3. The maximum absolute atomic E-state index is 12.6. The van der Waals surface area contributed by atoms with Crippen LogP contribution in [0.15, 0.2) is 72.8 Å². The highest BCUT2D eigenvalue weighted by atomic mass is 16.5. The second kappa shape index (κ2) is 8.21. The van der Waals surface area contributed by atoms with E-state index in [-0.39, 0.29) is 5.91 Å². The van der Waals surface area contributed by atoms with Crippen molar-refractivity contribution < 1.29 is 14.3 Å². The third-order valence-electron chi connectivity index (χ3n) is 3.98. The van der Waals surface area contributed by atoms with Crippen molar-refractivity contribution in [2.75, 3.05) is 12.4 Å². The van der Waals surface area contributed by atoms with Crippen molar-refractivity contribution in [1.29, 1.82) is 0 Å². The fourth-order valence-electron chi connectivity index (χ4n) is 2.68. The Bertz CT molecular complexity index is 891. The zero-order valence-corrected chi connectivity index (χ0v) is 14.9. The summed E-state index contributed by atoms with van der Waals surface area (Å²) in [6.07, 6.45) is 0. The number of amides is 1. The zero-order chi connectivity index (χ0) is 18.4. The lowest BCUT2D eigenvalue weighted by Crippen LogP contribution is -2.13. The molecule has 3 rings (SSSR count). The molecule has 0 aromatic heterocycles. The Hall–Kier alpha value is -3.27. The first kappa shape index (κ1) is 17.5. The summed E-state index contributed by atoms with van der Waals surface area (Å²) in [6, 6.07) is 22.5. The Morgan fingerprint density at radius 3 is 2.42 bits per heavy atom. The minimum atomic E-state index is -0.206. The average Bonchev–Trinajstić information content (AvgIpc) is 2.67. The fraction of sp³-hybridized carbons (Fsp3) is 0.136. The van der Waals surface area contributed by atoms with Gasteiger partial charge in [-0.1, -0.05) is 42.0 Å². The summed E-state index contributed by atoms with van der Waals surface area (Å²) in [7, 11) is 1.63. The molecule has 1 N–H and O–H groups in total. The van der Waals surface area contributed by atoms with Crippen LogP contribution in [0.5, 0.6) is 11.5 Å². The Kier molecular flexibility index (Phi) is 5.54. The fourth-order valence-corrected chi connectivity index (χ4v) is 2.68. The van der Waals surface area contributed by atoms with Crippen molar-refractivity contribution in [3.63, 3.8) is 0 Å². The van der Waals surface area contributed by atoms with Crippen LogP contribution in [0.2, 0.25) is 0 Å². The number of aryl methyl sites for hydroxylation is 1. The number of carbonyl (C=O) groups excluding carboxylic acids is 1. The van der Waals surface area contributed by atoms with E-state index < -0.39 is 0 Å². The van der Waals surface area contributed by atoms with Crippen LogP contribution in [-0.2, 0) is 6.61 Å².